The van der Waals surface area contributed by atoms with Crippen LogP contribution in [0.15, 0.2) is 36.7 Å². The predicted molar refractivity (Wildman–Crippen MR) is 117 cm³/mol. The van der Waals surface area contributed by atoms with Gasteiger partial charge >= 0.3 is 6.18 Å². The van der Waals surface area contributed by atoms with Crippen molar-refractivity contribution in [2.75, 3.05) is 11.4 Å². The molecule has 2 N–H and O–H groups in total. The van der Waals surface area contributed by atoms with Crippen molar-refractivity contribution in [1.29, 1.82) is 0 Å². The van der Waals surface area contributed by atoms with E-state index >= 15 is 0 Å². The quantitative estimate of drug-likeness (QED) is 0.573. The zero-order valence-corrected chi connectivity index (χ0v) is 19.1. The molecule has 0 amide bonds. The number of benzene rings is 1. The SMILES string of the molecule is CC1(Oc2cccc(C(=[NH2+])c3cc(N4Cc5nnc(C(F)(F)F)n5C(C)(C)C4)ncn3)c2)CC1. The second-order valence-electron chi connectivity index (χ2n) is 9.70. The van der Waals surface area contributed by atoms with Gasteiger partial charge in [-0.05, 0) is 51.8 Å². The van der Waals surface area contributed by atoms with Crippen molar-refractivity contribution in [3.63, 3.8) is 0 Å². The Morgan fingerprint density at radius 3 is 2.56 bits per heavy atom. The molecule has 3 heterocycles. The molecule has 1 fully saturated rings. The number of alkyl halides is 3. The van der Waals surface area contributed by atoms with Gasteiger partial charge in [-0.15, -0.1) is 10.2 Å². The molecule has 11 heteroatoms. The van der Waals surface area contributed by atoms with Crippen LogP contribution in [-0.2, 0) is 18.3 Å². The Bertz CT molecular complexity index is 1260. The molecule has 0 saturated heterocycles. The maximum absolute atomic E-state index is 13.4. The molecule has 178 valence electrons. The smallest absolute Gasteiger partial charge is 0.451 e. The van der Waals surface area contributed by atoms with Crippen LogP contribution in [0.5, 0.6) is 5.75 Å². The van der Waals surface area contributed by atoms with Gasteiger partial charge in [0.1, 0.15) is 29.2 Å². The molecule has 1 aliphatic heterocycles. The van der Waals surface area contributed by atoms with Gasteiger partial charge in [-0.25, -0.2) is 9.97 Å². The lowest BCUT2D eigenvalue weighted by Crippen LogP contribution is -2.48. The normalized spacial score (nSPS) is 18.4. The van der Waals surface area contributed by atoms with Gasteiger partial charge in [-0.2, -0.15) is 13.2 Å². The van der Waals surface area contributed by atoms with E-state index in [4.69, 9.17) is 10.1 Å². The van der Waals surface area contributed by atoms with Crippen LogP contribution >= 0.6 is 0 Å². The van der Waals surface area contributed by atoms with E-state index in [1.54, 1.807) is 19.9 Å². The van der Waals surface area contributed by atoms with E-state index in [1.165, 1.54) is 6.33 Å². The van der Waals surface area contributed by atoms with Crippen molar-refractivity contribution in [2.24, 2.45) is 0 Å². The van der Waals surface area contributed by atoms with Crippen molar-refractivity contribution >= 4 is 11.5 Å². The molecule has 0 unspecified atom stereocenters. The number of aromatic nitrogens is 5. The molecule has 1 aromatic carbocycles. The molecule has 2 aromatic heterocycles. The fourth-order valence-electron chi connectivity index (χ4n) is 4.27. The third-order valence-corrected chi connectivity index (χ3v) is 6.22. The molecule has 0 bridgehead atoms. The van der Waals surface area contributed by atoms with Gasteiger partial charge in [0, 0.05) is 12.6 Å². The van der Waals surface area contributed by atoms with E-state index in [1.807, 2.05) is 29.2 Å². The van der Waals surface area contributed by atoms with Gasteiger partial charge in [0.15, 0.2) is 5.82 Å². The molecule has 0 atom stereocenters. The third-order valence-electron chi connectivity index (χ3n) is 6.22. The summed E-state index contributed by atoms with van der Waals surface area (Å²) in [6, 6.07) is 9.27. The fraction of sp³-hybridized carbons (Fsp3) is 0.435. The molecule has 2 aliphatic rings. The Labute approximate surface area is 194 Å². The van der Waals surface area contributed by atoms with E-state index in [2.05, 4.69) is 27.1 Å². The maximum Gasteiger partial charge on any atom is 0.451 e. The van der Waals surface area contributed by atoms with Crippen LogP contribution in [-0.4, -0.2) is 42.6 Å². The second-order valence-corrected chi connectivity index (χ2v) is 9.70. The van der Waals surface area contributed by atoms with Gasteiger partial charge in [0.25, 0.3) is 0 Å². The Hall–Kier alpha value is -3.50. The number of hydrogen-bond donors (Lipinski definition) is 1. The molecule has 1 aliphatic carbocycles. The lowest BCUT2D eigenvalue weighted by Gasteiger charge is -2.40. The van der Waals surface area contributed by atoms with Gasteiger partial charge in [-0.3, -0.25) is 9.98 Å². The number of nitrogens with zero attached hydrogens (tertiary/aromatic N) is 6. The highest BCUT2D eigenvalue weighted by atomic mass is 19.4. The Kier molecular flexibility index (Phi) is 4.92. The highest BCUT2D eigenvalue weighted by molar-refractivity contribution is 6.08. The van der Waals surface area contributed by atoms with Gasteiger partial charge in [0.05, 0.1) is 17.6 Å². The maximum atomic E-state index is 13.4. The number of halogens is 3. The van der Waals surface area contributed by atoms with Crippen LogP contribution in [0.2, 0.25) is 0 Å². The van der Waals surface area contributed by atoms with Crippen LogP contribution in [0.4, 0.5) is 19.0 Å². The minimum Gasteiger partial charge on any atom is -0.488 e. The van der Waals surface area contributed by atoms with E-state index in [0.29, 0.717) is 17.2 Å². The van der Waals surface area contributed by atoms with Crippen LogP contribution < -0.4 is 15.0 Å². The standard InChI is InChI=1S/C23H24F3N7O/c1-21(2)12-32(11-18-30-31-20(33(18)21)23(24,25)26)17-10-16(28-13-29-17)19(27)14-5-4-6-15(9-14)34-22(3)7-8-22/h4-6,9-10,13,27H,7-8,11-12H2,1-3H3/p+1. The summed E-state index contributed by atoms with van der Waals surface area (Å²) in [4.78, 5) is 10.5. The van der Waals surface area contributed by atoms with Crippen LogP contribution in [0.3, 0.4) is 0 Å². The van der Waals surface area contributed by atoms with Crippen molar-refractivity contribution in [3.05, 3.63) is 59.6 Å². The highest BCUT2D eigenvalue weighted by Crippen LogP contribution is 2.40. The number of fused-ring (bicyclic) bond motifs is 1. The van der Waals surface area contributed by atoms with Gasteiger partial charge < -0.3 is 9.64 Å². The first-order chi connectivity index (χ1) is 16.0. The Morgan fingerprint density at radius 2 is 1.85 bits per heavy atom. The zero-order chi connectivity index (χ0) is 24.3. The predicted octanol–water partition coefficient (Wildman–Crippen LogP) is 2.37. The zero-order valence-electron chi connectivity index (χ0n) is 19.1. The average Bonchev–Trinajstić information content (AvgIpc) is 3.31. The molecule has 34 heavy (non-hydrogen) atoms. The van der Waals surface area contributed by atoms with Gasteiger partial charge in [0.2, 0.25) is 11.5 Å². The first-order valence-electron chi connectivity index (χ1n) is 11.0. The summed E-state index contributed by atoms with van der Waals surface area (Å²) in [5, 5.41) is 13.7. The summed E-state index contributed by atoms with van der Waals surface area (Å²) in [5.74, 6) is 0.517. The van der Waals surface area contributed by atoms with Crippen molar-refractivity contribution in [1.82, 2.24) is 24.7 Å². The number of ether oxygens (including phenoxy) is 1. The van der Waals surface area contributed by atoms with Crippen LogP contribution in [0.25, 0.3) is 0 Å². The first kappa shape index (κ1) is 22.3. The number of hydrogen-bond acceptors (Lipinski definition) is 6. The first-order valence-corrected chi connectivity index (χ1v) is 11.0. The minimum atomic E-state index is -4.58. The van der Waals surface area contributed by atoms with Crippen LogP contribution in [0.1, 0.15) is 56.5 Å². The molecule has 5 rings (SSSR count). The molecular weight excluding hydrogens is 447 g/mol. The van der Waals surface area contributed by atoms with E-state index in [-0.39, 0.29) is 24.5 Å². The molecular formula is C23H25F3N7O+. The van der Waals surface area contributed by atoms with Crippen LogP contribution in [0, 0.1) is 0 Å². The lowest BCUT2D eigenvalue weighted by molar-refractivity contribution is -0.149. The number of nitrogens with two attached hydrogens (primary N) is 1. The average molecular weight is 472 g/mol. The molecule has 0 radical (unpaired) electrons. The molecule has 1 saturated carbocycles. The van der Waals surface area contributed by atoms with Crippen molar-refractivity contribution < 1.29 is 23.3 Å². The van der Waals surface area contributed by atoms with E-state index in [9.17, 15) is 13.2 Å². The molecule has 3 aromatic rings. The number of rotatable bonds is 5. The van der Waals surface area contributed by atoms with Crippen molar-refractivity contribution in [2.45, 2.75) is 57.5 Å². The lowest BCUT2D eigenvalue weighted by atomic mass is 10.0. The fourth-order valence-corrected chi connectivity index (χ4v) is 4.27. The topological polar surface area (TPSA) is 94.6 Å². The Balaban J connectivity index is 1.41. The minimum absolute atomic E-state index is 0.108. The summed E-state index contributed by atoms with van der Waals surface area (Å²) in [5.41, 5.74) is 0.713. The Morgan fingerprint density at radius 1 is 1.09 bits per heavy atom. The summed E-state index contributed by atoms with van der Waals surface area (Å²) < 4.78 is 47.4. The summed E-state index contributed by atoms with van der Waals surface area (Å²) in [7, 11) is 0. The van der Waals surface area contributed by atoms with E-state index < -0.39 is 17.5 Å². The number of anilines is 1. The van der Waals surface area contributed by atoms with Crippen molar-refractivity contribution in [3.8, 4) is 5.75 Å². The van der Waals surface area contributed by atoms with Gasteiger partial charge in [-0.1, -0.05) is 6.07 Å². The molecule has 0 spiro atoms. The monoisotopic (exact) mass is 472 g/mol. The summed E-state index contributed by atoms with van der Waals surface area (Å²) in [6.07, 6.45) is -1.13. The summed E-state index contributed by atoms with van der Waals surface area (Å²) in [6.45, 7) is 5.91. The third kappa shape index (κ3) is 4.10. The second kappa shape index (κ2) is 7.51. The molecule has 8 nitrogen and oxygen atoms in total. The summed E-state index contributed by atoms with van der Waals surface area (Å²) >= 11 is 0. The highest BCUT2D eigenvalue weighted by Gasteiger charge is 2.45. The van der Waals surface area contributed by atoms with E-state index in [0.717, 1.165) is 28.7 Å². The largest absolute Gasteiger partial charge is 0.488 e.